The van der Waals surface area contributed by atoms with Crippen LogP contribution >= 0.6 is 15.9 Å². The van der Waals surface area contributed by atoms with Crippen molar-refractivity contribution >= 4 is 27.7 Å². The van der Waals surface area contributed by atoms with Crippen molar-refractivity contribution in [2.75, 3.05) is 7.05 Å². The summed E-state index contributed by atoms with van der Waals surface area (Å²) in [6.07, 6.45) is 3.13. The topological polar surface area (TPSA) is 94.1 Å². The number of nitrogens with two attached hydrogens (primary N) is 1. The summed E-state index contributed by atoms with van der Waals surface area (Å²) >= 11 is 3.38. The number of amides is 2. The van der Waals surface area contributed by atoms with Gasteiger partial charge < -0.3 is 10.6 Å². The average Bonchev–Trinajstić information content (AvgIpc) is 3.03. The molecule has 0 radical (unpaired) electrons. The number of aromatic nitrogens is 3. The first-order valence-corrected chi connectivity index (χ1v) is 8.97. The Morgan fingerprint density at radius 2 is 2.00 bits per heavy atom. The Labute approximate surface area is 164 Å². The Kier molecular flexibility index (Phi) is 5.36. The molecular weight excluding hydrogens is 410 g/mol. The Morgan fingerprint density at radius 3 is 2.63 bits per heavy atom. The largest absolute Gasteiger partial charge is 0.368 e. The fourth-order valence-corrected chi connectivity index (χ4v) is 3.31. The van der Waals surface area contributed by atoms with Gasteiger partial charge in [-0.2, -0.15) is 5.10 Å². The van der Waals surface area contributed by atoms with Crippen LogP contribution in [0.25, 0.3) is 5.82 Å². The van der Waals surface area contributed by atoms with Gasteiger partial charge in [0.15, 0.2) is 5.82 Å². The fourth-order valence-electron chi connectivity index (χ4n) is 2.89. The van der Waals surface area contributed by atoms with E-state index in [4.69, 9.17) is 5.73 Å². The molecule has 0 saturated carbocycles. The third kappa shape index (κ3) is 3.75. The molecule has 0 aliphatic heterocycles. The van der Waals surface area contributed by atoms with E-state index in [-0.39, 0.29) is 5.91 Å². The minimum absolute atomic E-state index is 0.349. The minimum Gasteiger partial charge on any atom is -0.368 e. The number of hydrogen-bond acceptors (Lipinski definition) is 4. The van der Waals surface area contributed by atoms with Crippen LogP contribution < -0.4 is 5.73 Å². The molecule has 27 heavy (non-hydrogen) atoms. The molecule has 3 rings (SSSR count). The maximum atomic E-state index is 13.0. The fraction of sp³-hybridized carbons (Fsp3) is 0.158. The summed E-state index contributed by atoms with van der Waals surface area (Å²) in [5.41, 5.74) is 7.23. The number of likely N-dealkylation sites (N-methyl/N-ethyl adjacent to an activating group) is 1. The first-order chi connectivity index (χ1) is 12.9. The smallest absolute Gasteiger partial charge is 0.258 e. The molecule has 1 aromatic carbocycles. The molecule has 2 heterocycles. The quantitative estimate of drug-likeness (QED) is 0.676. The van der Waals surface area contributed by atoms with Crippen molar-refractivity contribution in [2.24, 2.45) is 5.73 Å². The Balaban J connectivity index is 1.95. The van der Waals surface area contributed by atoms with Gasteiger partial charge in [-0.1, -0.05) is 34.1 Å². The molecule has 8 heteroatoms. The maximum Gasteiger partial charge on any atom is 0.258 e. The predicted molar refractivity (Wildman–Crippen MR) is 104 cm³/mol. The summed E-state index contributed by atoms with van der Waals surface area (Å²) in [6.45, 7) is 1.78. The molecule has 1 atom stereocenters. The van der Waals surface area contributed by atoms with Crippen molar-refractivity contribution < 1.29 is 9.59 Å². The van der Waals surface area contributed by atoms with Gasteiger partial charge >= 0.3 is 0 Å². The van der Waals surface area contributed by atoms with Crippen LogP contribution in [-0.2, 0) is 4.79 Å². The zero-order valence-electron chi connectivity index (χ0n) is 14.8. The van der Waals surface area contributed by atoms with Crippen molar-refractivity contribution in [1.82, 2.24) is 19.7 Å². The number of nitrogens with zero attached hydrogens (tertiary/aromatic N) is 4. The van der Waals surface area contributed by atoms with Crippen LogP contribution in [0.3, 0.4) is 0 Å². The summed E-state index contributed by atoms with van der Waals surface area (Å²) in [5.74, 6) is -0.354. The van der Waals surface area contributed by atoms with Crippen molar-refractivity contribution in [2.45, 2.75) is 13.0 Å². The van der Waals surface area contributed by atoms with E-state index in [1.54, 1.807) is 55.2 Å². The molecule has 3 aromatic rings. The molecule has 0 aliphatic rings. The summed E-state index contributed by atoms with van der Waals surface area (Å²) in [6, 6.07) is 11.7. The van der Waals surface area contributed by atoms with Crippen LogP contribution in [0.5, 0.6) is 0 Å². The standard InChI is InChI=1S/C19H18BrN5O2/c1-12-15(11-23-25(12)16-8-3-4-9-22-16)19(27)24(2)17(18(21)26)13-6-5-7-14(20)10-13/h3-11,17H,1-2H3,(H2,21,26). The first kappa shape index (κ1) is 18.8. The van der Waals surface area contributed by atoms with E-state index >= 15 is 0 Å². The Hall–Kier alpha value is -3.00. The van der Waals surface area contributed by atoms with Crippen molar-refractivity contribution in [1.29, 1.82) is 0 Å². The van der Waals surface area contributed by atoms with E-state index in [2.05, 4.69) is 26.0 Å². The molecule has 0 spiro atoms. The van der Waals surface area contributed by atoms with Crippen LogP contribution in [0.4, 0.5) is 0 Å². The third-order valence-corrected chi connectivity index (χ3v) is 4.74. The van der Waals surface area contributed by atoms with Gasteiger partial charge in [0.1, 0.15) is 6.04 Å². The van der Waals surface area contributed by atoms with Gasteiger partial charge in [0.05, 0.1) is 17.5 Å². The van der Waals surface area contributed by atoms with Crippen LogP contribution in [-0.4, -0.2) is 38.5 Å². The summed E-state index contributed by atoms with van der Waals surface area (Å²) in [5, 5.41) is 4.26. The van der Waals surface area contributed by atoms with E-state index in [0.29, 0.717) is 22.6 Å². The predicted octanol–water partition coefficient (Wildman–Crippen LogP) is 2.64. The van der Waals surface area contributed by atoms with Crippen LogP contribution in [0.1, 0.15) is 27.7 Å². The summed E-state index contributed by atoms with van der Waals surface area (Å²) in [7, 11) is 1.55. The molecule has 7 nitrogen and oxygen atoms in total. The number of pyridine rings is 1. The SMILES string of the molecule is Cc1c(C(=O)N(C)C(C(N)=O)c2cccc(Br)c2)cnn1-c1ccccn1. The monoisotopic (exact) mass is 427 g/mol. The Morgan fingerprint density at radius 1 is 1.22 bits per heavy atom. The minimum atomic E-state index is -0.896. The zero-order valence-corrected chi connectivity index (χ0v) is 16.4. The van der Waals surface area contributed by atoms with Gasteiger partial charge in [0.25, 0.3) is 5.91 Å². The number of benzene rings is 1. The number of primary amides is 1. The number of halogens is 1. The van der Waals surface area contributed by atoms with E-state index in [1.807, 2.05) is 12.1 Å². The lowest BCUT2D eigenvalue weighted by Crippen LogP contribution is -2.39. The second-order valence-corrected chi connectivity index (χ2v) is 6.94. The molecule has 138 valence electrons. The highest BCUT2D eigenvalue weighted by Crippen LogP contribution is 2.25. The number of carbonyl (C=O) groups is 2. The van der Waals surface area contributed by atoms with Crippen LogP contribution in [0, 0.1) is 6.92 Å². The van der Waals surface area contributed by atoms with Gasteiger partial charge in [-0.25, -0.2) is 9.67 Å². The lowest BCUT2D eigenvalue weighted by molar-refractivity contribution is -0.122. The zero-order chi connectivity index (χ0) is 19.6. The van der Waals surface area contributed by atoms with Crippen molar-refractivity contribution in [3.8, 4) is 5.82 Å². The molecule has 2 aromatic heterocycles. The molecule has 0 fully saturated rings. The summed E-state index contributed by atoms with van der Waals surface area (Å²) < 4.78 is 2.38. The van der Waals surface area contributed by atoms with E-state index in [0.717, 1.165) is 4.47 Å². The van der Waals surface area contributed by atoms with Gasteiger partial charge in [-0.15, -0.1) is 0 Å². The maximum absolute atomic E-state index is 13.0. The molecule has 0 saturated heterocycles. The van der Waals surface area contributed by atoms with Crippen LogP contribution in [0.15, 0.2) is 59.3 Å². The lowest BCUT2D eigenvalue weighted by Gasteiger charge is -2.26. The molecule has 0 aliphatic carbocycles. The van der Waals surface area contributed by atoms with Gasteiger partial charge in [0, 0.05) is 17.7 Å². The number of hydrogen-bond donors (Lipinski definition) is 1. The normalized spacial score (nSPS) is 11.8. The molecular formula is C19H18BrN5O2. The second kappa shape index (κ2) is 7.71. The second-order valence-electron chi connectivity index (χ2n) is 6.02. The van der Waals surface area contributed by atoms with E-state index in [9.17, 15) is 9.59 Å². The highest BCUT2D eigenvalue weighted by Gasteiger charge is 2.29. The van der Waals surface area contributed by atoms with Crippen LogP contribution in [0.2, 0.25) is 0 Å². The highest BCUT2D eigenvalue weighted by atomic mass is 79.9. The molecule has 0 bridgehead atoms. The van der Waals surface area contributed by atoms with Gasteiger partial charge in [-0.05, 0) is 36.8 Å². The van der Waals surface area contributed by atoms with E-state index in [1.165, 1.54) is 11.1 Å². The first-order valence-electron chi connectivity index (χ1n) is 8.18. The number of rotatable bonds is 5. The summed E-state index contributed by atoms with van der Waals surface area (Å²) in [4.78, 5) is 30.7. The number of carbonyl (C=O) groups excluding carboxylic acids is 2. The lowest BCUT2D eigenvalue weighted by atomic mass is 10.0. The highest BCUT2D eigenvalue weighted by molar-refractivity contribution is 9.10. The Bertz CT molecular complexity index is 987. The van der Waals surface area contributed by atoms with Crippen molar-refractivity contribution in [3.63, 3.8) is 0 Å². The third-order valence-electron chi connectivity index (χ3n) is 4.25. The molecule has 2 amide bonds. The van der Waals surface area contributed by atoms with Crippen molar-refractivity contribution in [3.05, 3.63) is 76.2 Å². The van der Waals surface area contributed by atoms with E-state index < -0.39 is 11.9 Å². The van der Waals surface area contributed by atoms with Gasteiger partial charge in [0.2, 0.25) is 5.91 Å². The van der Waals surface area contributed by atoms with Gasteiger partial charge in [-0.3, -0.25) is 9.59 Å². The molecule has 1 unspecified atom stereocenters. The molecule has 2 N–H and O–H groups in total. The average molecular weight is 428 g/mol.